The maximum atomic E-state index is 12.8. The van der Waals surface area contributed by atoms with E-state index in [1.165, 1.54) is 9.80 Å². The molecule has 2 heterocycles. The predicted octanol–water partition coefficient (Wildman–Crippen LogP) is 3.65. The first-order chi connectivity index (χ1) is 13.3. The average Bonchev–Trinajstić information content (AvgIpc) is 2.94. The number of nitrogens with one attached hydrogen (secondary N) is 1. The molecule has 1 unspecified atom stereocenters. The summed E-state index contributed by atoms with van der Waals surface area (Å²) in [4.78, 5) is 30.9. The smallest absolute Gasteiger partial charge is 0.435 e. The van der Waals surface area contributed by atoms with Crippen molar-refractivity contribution in [2.45, 2.75) is 45.0 Å². The van der Waals surface area contributed by atoms with Crippen LogP contribution in [0.15, 0.2) is 0 Å². The number of carbonyl (C=O) groups is 2. The molecule has 2 N–H and O–H groups in total. The number of urea groups is 1. The molecule has 0 saturated carbocycles. The number of aliphatic hydroxyl groups excluding tert-OH is 1. The van der Waals surface area contributed by atoms with Gasteiger partial charge >= 0.3 is 18.3 Å². The van der Waals surface area contributed by atoms with Gasteiger partial charge in [-0.2, -0.15) is 13.2 Å². The van der Waals surface area contributed by atoms with Gasteiger partial charge in [0.25, 0.3) is 0 Å². The zero-order valence-electron chi connectivity index (χ0n) is 16.0. The van der Waals surface area contributed by atoms with Gasteiger partial charge in [0.15, 0.2) is 10.8 Å². The molecule has 164 valence electrons. The molecule has 13 heteroatoms. The zero-order chi connectivity index (χ0) is 22.0. The van der Waals surface area contributed by atoms with Crippen molar-refractivity contribution in [2.75, 3.05) is 31.6 Å². The number of carbonyl (C=O) groups excluding carboxylic acids is 2. The number of aliphatic hydroxyl groups is 1. The highest BCUT2D eigenvalue weighted by Crippen LogP contribution is 2.39. The Morgan fingerprint density at radius 3 is 2.52 bits per heavy atom. The Hall–Kier alpha value is -1.79. The van der Waals surface area contributed by atoms with E-state index >= 15 is 0 Å². The number of rotatable bonds is 3. The Morgan fingerprint density at radius 1 is 1.34 bits per heavy atom. The fraction of sp³-hybridized carbons (Fsp3) is 0.688. The van der Waals surface area contributed by atoms with Crippen molar-refractivity contribution in [3.8, 4) is 0 Å². The third kappa shape index (κ3) is 6.34. The van der Waals surface area contributed by atoms with Gasteiger partial charge in [-0.25, -0.2) is 14.6 Å². The molecule has 1 atom stereocenters. The van der Waals surface area contributed by atoms with Crippen LogP contribution in [0.1, 0.15) is 32.9 Å². The fourth-order valence-corrected chi connectivity index (χ4v) is 3.78. The number of thiazole rings is 1. The topological polar surface area (TPSA) is 95.0 Å². The van der Waals surface area contributed by atoms with Crippen LogP contribution in [0.5, 0.6) is 0 Å². The van der Waals surface area contributed by atoms with Gasteiger partial charge in [-0.3, -0.25) is 5.32 Å². The van der Waals surface area contributed by atoms with Gasteiger partial charge in [0.05, 0.1) is 6.04 Å². The molecule has 1 aliphatic rings. The van der Waals surface area contributed by atoms with Gasteiger partial charge < -0.3 is 19.6 Å². The third-order valence-electron chi connectivity index (χ3n) is 3.93. The SMILES string of the molecule is CC(C)(C)OC(=O)N1CCN(C(=O)Nc2nc(C(F)(F)F)c(Cl)s2)C(CCO)C1. The Morgan fingerprint density at radius 2 is 2.00 bits per heavy atom. The minimum absolute atomic E-state index is 0.112. The minimum atomic E-state index is -4.73. The van der Waals surface area contributed by atoms with Gasteiger partial charge in [-0.1, -0.05) is 22.9 Å². The number of aromatic nitrogens is 1. The van der Waals surface area contributed by atoms with Crippen molar-refractivity contribution in [1.29, 1.82) is 0 Å². The molecule has 1 aromatic rings. The number of ether oxygens (including phenoxy) is 1. The molecule has 1 aromatic heterocycles. The van der Waals surface area contributed by atoms with Crippen molar-refractivity contribution >= 4 is 40.2 Å². The van der Waals surface area contributed by atoms with E-state index in [1.54, 1.807) is 20.8 Å². The lowest BCUT2D eigenvalue weighted by atomic mass is 10.1. The second kappa shape index (κ2) is 8.92. The largest absolute Gasteiger partial charge is 0.444 e. The Balaban J connectivity index is 2.07. The van der Waals surface area contributed by atoms with E-state index < -0.39 is 40.0 Å². The molecule has 0 spiro atoms. The van der Waals surface area contributed by atoms with Crippen LogP contribution in [0, 0.1) is 0 Å². The first-order valence-corrected chi connectivity index (χ1v) is 9.91. The van der Waals surface area contributed by atoms with Crippen molar-refractivity contribution in [3.05, 3.63) is 10.0 Å². The third-order valence-corrected chi connectivity index (χ3v) is 5.10. The number of alkyl halides is 3. The molecule has 8 nitrogen and oxygen atoms in total. The standard InChI is InChI=1S/C16H22ClF3N4O4S/c1-15(2,3)28-14(27)23-5-6-24(9(8-23)4-7-25)13(26)22-12-21-10(11(17)29-12)16(18,19)20/h9,25H,4-8H2,1-3H3,(H,21,22,26). The van der Waals surface area contributed by atoms with Gasteiger partial charge in [-0.05, 0) is 27.2 Å². The first-order valence-electron chi connectivity index (χ1n) is 8.71. The minimum Gasteiger partial charge on any atom is -0.444 e. The quantitative estimate of drug-likeness (QED) is 0.721. The number of nitrogens with zero attached hydrogens (tertiary/aromatic N) is 3. The molecular formula is C16H22ClF3N4O4S. The van der Waals surface area contributed by atoms with Crippen molar-refractivity contribution in [3.63, 3.8) is 0 Å². The summed E-state index contributed by atoms with van der Waals surface area (Å²) >= 11 is 6.07. The van der Waals surface area contributed by atoms with Crippen LogP contribution in [0.2, 0.25) is 4.34 Å². The molecule has 0 aromatic carbocycles. The first kappa shape index (κ1) is 23.5. The van der Waals surface area contributed by atoms with Crippen LogP contribution < -0.4 is 5.32 Å². The number of amides is 3. The van der Waals surface area contributed by atoms with E-state index in [-0.39, 0.29) is 37.8 Å². The lowest BCUT2D eigenvalue weighted by molar-refractivity contribution is -0.140. The maximum absolute atomic E-state index is 12.8. The summed E-state index contributed by atoms with van der Waals surface area (Å²) in [6.07, 6.45) is -5.09. The molecule has 2 rings (SSSR count). The van der Waals surface area contributed by atoms with Gasteiger partial charge in [0, 0.05) is 26.2 Å². The number of piperazine rings is 1. The number of halogens is 4. The average molecular weight is 459 g/mol. The van der Waals surface area contributed by atoms with Gasteiger partial charge in [-0.15, -0.1) is 0 Å². The molecule has 0 aliphatic carbocycles. The molecule has 1 fully saturated rings. The zero-order valence-corrected chi connectivity index (χ0v) is 17.6. The Labute approximate surface area is 174 Å². The van der Waals surface area contributed by atoms with Crippen LogP contribution in [-0.2, 0) is 10.9 Å². The predicted molar refractivity (Wildman–Crippen MR) is 101 cm³/mol. The van der Waals surface area contributed by atoms with Crippen LogP contribution >= 0.6 is 22.9 Å². The van der Waals surface area contributed by atoms with Crippen molar-refractivity contribution in [1.82, 2.24) is 14.8 Å². The lowest BCUT2D eigenvalue weighted by Crippen LogP contribution is -2.58. The summed E-state index contributed by atoms with van der Waals surface area (Å²) in [5.41, 5.74) is -1.95. The maximum Gasteiger partial charge on any atom is 0.435 e. The number of anilines is 1. The highest BCUT2D eigenvalue weighted by atomic mass is 35.5. The Bertz CT molecular complexity index is 754. The van der Waals surface area contributed by atoms with Crippen molar-refractivity contribution in [2.24, 2.45) is 0 Å². The summed E-state index contributed by atoms with van der Waals surface area (Å²) in [6.45, 7) is 5.36. The van der Waals surface area contributed by atoms with Crippen LogP contribution in [0.4, 0.5) is 27.9 Å². The molecule has 29 heavy (non-hydrogen) atoms. The van der Waals surface area contributed by atoms with E-state index in [4.69, 9.17) is 16.3 Å². The summed E-state index contributed by atoms with van der Waals surface area (Å²) in [5.74, 6) is 0. The second-order valence-corrected chi connectivity index (χ2v) is 8.96. The summed E-state index contributed by atoms with van der Waals surface area (Å²) < 4.78 is 43.2. The monoisotopic (exact) mass is 458 g/mol. The highest BCUT2D eigenvalue weighted by molar-refractivity contribution is 7.19. The van der Waals surface area contributed by atoms with Gasteiger partial charge in [0.1, 0.15) is 9.94 Å². The number of hydrogen-bond acceptors (Lipinski definition) is 6. The van der Waals surface area contributed by atoms with E-state index in [0.29, 0.717) is 11.3 Å². The van der Waals surface area contributed by atoms with Crippen LogP contribution in [-0.4, -0.2) is 69.9 Å². The number of hydrogen-bond donors (Lipinski definition) is 2. The van der Waals surface area contributed by atoms with Gasteiger partial charge in [0.2, 0.25) is 0 Å². The molecule has 1 saturated heterocycles. The molecule has 0 radical (unpaired) electrons. The lowest BCUT2D eigenvalue weighted by Gasteiger charge is -2.41. The van der Waals surface area contributed by atoms with E-state index in [1.807, 2.05) is 0 Å². The molecule has 1 aliphatic heterocycles. The Kier molecular flexibility index (Phi) is 7.23. The fourth-order valence-electron chi connectivity index (χ4n) is 2.70. The highest BCUT2D eigenvalue weighted by Gasteiger charge is 2.38. The molecule has 0 bridgehead atoms. The van der Waals surface area contributed by atoms with E-state index in [9.17, 15) is 27.9 Å². The normalized spacial score (nSPS) is 18.0. The summed E-state index contributed by atoms with van der Waals surface area (Å²) in [6, 6.07) is -1.23. The molecule has 3 amide bonds. The summed E-state index contributed by atoms with van der Waals surface area (Å²) in [5, 5.41) is 11.3. The van der Waals surface area contributed by atoms with Crippen molar-refractivity contribution < 1.29 is 32.6 Å². The van der Waals surface area contributed by atoms with E-state index in [0.717, 1.165) is 0 Å². The van der Waals surface area contributed by atoms with Crippen LogP contribution in [0.25, 0.3) is 0 Å². The van der Waals surface area contributed by atoms with E-state index in [2.05, 4.69) is 10.3 Å². The summed E-state index contributed by atoms with van der Waals surface area (Å²) in [7, 11) is 0. The molecular weight excluding hydrogens is 437 g/mol. The second-order valence-electron chi connectivity index (χ2n) is 7.36. The van der Waals surface area contributed by atoms with Crippen LogP contribution in [0.3, 0.4) is 0 Å².